The van der Waals surface area contributed by atoms with E-state index in [0.717, 1.165) is 34.5 Å². The molecule has 0 saturated carbocycles. The number of sulfone groups is 1. The highest BCUT2D eigenvalue weighted by atomic mass is 32.2. The number of para-hydroxylation sites is 1. The van der Waals surface area contributed by atoms with Crippen molar-refractivity contribution in [2.24, 2.45) is 7.05 Å². The van der Waals surface area contributed by atoms with Gasteiger partial charge in [0.25, 0.3) is 0 Å². The SMILES string of the molecule is COc1ccccc1CN1C[C@@H]2[C@@H](C1)c1cc(-c3cnn(C)c3)ccc1S2(=O)=O. The lowest BCUT2D eigenvalue weighted by Crippen LogP contribution is -2.26. The molecule has 2 aromatic carbocycles. The van der Waals surface area contributed by atoms with Crippen LogP contribution in [0.2, 0.25) is 0 Å². The van der Waals surface area contributed by atoms with Crippen molar-refractivity contribution < 1.29 is 13.2 Å². The fraction of sp³-hybridized carbons (Fsp3) is 0.318. The molecule has 6 nitrogen and oxygen atoms in total. The highest BCUT2D eigenvalue weighted by molar-refractivity contribution is 7.92. The predicted molar refractivity (Wildman–Crippen MR) is 111 cm³/mol. The zero-order chi connectivity index (χ0) is 20.2. The molecule has 1 saturated heterocycles. The van der Waals surface area contributed by atoms with E-state index in [0.29, 0.717) is 18.0 Å². The normalized spacial score (nSPS) is 22.4. The molecule has 0 aliphatic carbocycles. The van der Waals surface area contributed by atoms with E-state index in [2.05, 4.69) is 10.00 Å². The van der Waals surface area contributed by atoms with Gasteiger partial charge in [-0.3, -0.25) is 9.58 Å². The largest absolute Gasteiger partial charge is 0.496 e. The van der Waals surface area contributed by atoms with E-state index >= 15 is 0 Å². The Morgan fingerprint density at radius 2 is 1.97 bits per heavy atom. The van der Waals surface area contributed by atoms with Crippen LogP contribution in [0.5, 0.6) is 5.75 Å². The second-order valence-corrected chi connectivity index (χ2v) is 9.99. The van der Waals surface area contributed by atoms with Crippen molar-refractivity contribution in [3.8, 4) is 16.9 Å². The zero-order valence-corrected chi connectivity index (χ0v) is 17.3. The Bertz CT molecular complexity index is 1190. The number of methoxy groups -OCH3 is 1. The molecule has 29 heavy (non-hydrogen) atoms. The van der Waals surface area contributed by atoms with Crippen LogP contribution in [0.15, 0.2) is 59.8 Å². The van der Waals surface area contributed by atoms with E-state index in [9.17, 15) is 8.42 Å². The number of ether oxygens (including phenoxy) is 1. The monoisotopic (exact) mass is 409 g/mol. The molecule has 3 heterocycles. The molecular formula is C22H23N3O3S. The molecule has 7 heteroatoms. The summed E-state index contributed by atoms with van der Waals surface area (Å²) in [6, 6.07) is 13.6. The van der Waals surface area contributed by atoms with Crippen LogP contribution in [-0.2, 0) is 23.4 Å². The van der Waals surface area contributed by atoms with Crippen LogP contribution in [0.4, 0.5) is 0 Å². The number of likely N-dealkylation sites (tertiary alicyclic amines) is 1. The van der Waals surface area contributed by atoms with E-state index < -0.39 is 9.84 Å². The lowest BCUT2D eigenvalue weighted by Gasteiger charge is -2.19. The Balaban J connectivity index is 1.47. The first-order valence-electron chi connectivity index (χ1n) is 9.68. The number of benzene rings is 2. The Morgan fingerprint density at radius 3 is 2.72 bits per heavy atom. The fourth-order valence-corrected chi connectivity index (χ4v) is 6.87. The number of hydrogen-bond donors (Lipinski definition) is 0. The number of aryl methyl sites for hydroxylation is 1. The lowest BCUT2D eigenvalue weighted by molar-refractivity contribution is 0.316. The number of fused-ring (bicyclic) bond motifs is 3. The summed E-state index contributed by atoms with van der Waals surface area (Å²) >= 11 is 0. The molecule has 0 amide bonds. The van der Waals surface area contributed by atoms with Crippen LogP contribution >= 0.6 is 0 Å². The summed E-state index contributed by atoms with van der Waals surface area (Å²) in [4.78, 5) is 2.72. The van der Waals surface area contributed by atoms with Gasteiger partial charge in [-0.15, -0.1) is 0 Å². The van der Waals surface area contributed by atoms with Crippen molar-refractivity contribution in [1.82, 2.24) is 14.7 Å². The molecule has 5 rings (SSSR count). The van der Waals surface area contributed by atoms with E-state index in [1.807, 2.05) is 55.8 Å². The summed E-state index contributed by atoms with van der Waals surface area (Å²) < 4.78 is 33.6. The molecule has 0 N–H and O–H groups in total. The van der Waals surface area contributed by atoms with Gasteiger partial charge in [-0.05, 0) is 29.3 Å². The molecule has 2 atom stereocenters. The average molecular weight is 410 g/mol. The van der Waals surface area contributed by atoms with Gasteiger partial charge in [0.05, 0.1) is 23.5 Å². The predicted octanol–water partition coefficient (Wildman–Crippen LogP) is 2.85. The minimum absolute atomic E-state index is 0.00123. The van der Waals surface area contributed by atoms with Gasteiger partial charge >= 0.3 is 0 Å². The van der Waals surface area contributed by atoms with Crippen LogP contribution in [0.3, 0.4) is 0 Å². The third-order valence-electron chi connectivity index (χ3n) is 6.08. The molecule has 2 aliphatic heterocycles. The number of hydrogen-bond acceptors (Lipinski definition) is 5. The average Bonchev–Trinajstić information content (AvgIpc) is 3.39. The van der Waals surface area contributed by atoms with Crippen LogP contribution in [0, 0.1) is 0 Å². The molecule has 1 aromatic heterocycles. The van der Waals surface area contributed by atoms with Gasteiger partial charge in [-0.1, -0.05) is 24.3 Å². The summed E-state index contributed by atoms with van der Waals surface area (Å²) in [5.74, 6) is 0.841. The lowest BCUT2D eigenvalue weighted by atomic mass is 9.95. The maximum Gasteiger partial charge on any atom is 0.183 e. The van der Waals surface area contributed by atoms with Crippen molar-refractivity contribution in [1.29, 1.82) is 0 Å². The van der Waals surface area contributed by atoms with Crippen LogP contribution < -0.4 is 4.74 Å². The maximum atomic E-state index is 13.2. The Labute approximate surface area is 170 Å². The van der Waals surface area contributed by atoms with E-state index in [4.69, 9.17) is 4.74 Å². The van der Waals surface area contributed by atoms with E-state index in [1.165, 1.54) is 0 Å². The third-order valence-corrected chi connectivity index (χ3v) is 8.34. The van der Waals surface area contributed by atoms with Gasteiger partial charge in [0.15, 0.2) is 9.84 Å². The summed E-state index contributed by atoms with van der Waals surface area (Å²) in [6.07, 6.45) is 3.76. The first-order valence-corrected chi connectivity index (χ1v) is 11.2. The molecule has 1 fully saturated rings. The van der Waals surface area contributed by atoms with Gasteiger partial charge in [0.1, 0.15) is 5.75 Å². The number of nitrogens with zero attached hydrogens (tertiary/aromatic N) is 3. The Hall–Kier alpha value is -2.64. The van der Waals surface area contributed by atoms with Crippen molar-refractivity contribution in [3.63, 3.8) is 0 Å². The highest BCUT2D eigenvalue weighted by Gasteiger charge is 2.50. The molecule has 3 aromatic rings. The quantitative estimate of drug-likeness (QED) is 0.663. The summed E-state index contributed by atoms with van der Waals surface area (Å²) in [5, 5.41) is 3.86. The van der Waals surface area contributed by atoms with Crippen molar-refractivity contribution in [3.05, 3.63) is 66.0 Å². The number of rotatable bonds is 4. The van der Waals surface area contributed by atoms with E-state index in [-0.39, 0.29) is 11.2 Å². The highest BCUT2D eigenvalue weighted by Crippen LogP contribution is 2.46. The fourth-order valence-electron chi connectivity index (χ4n) is 4.68. The van der Waals surface area contributed by atoms with Crippen molar-refractivity contribution in [2.45, 2.75) is 22.6 Å². The van der Waals surface area contributed by atoms with Gasteiger partial charge in [-0.2, -0.15) is 5.10 Å². The summed E-state index contributed by atoms with van der Waals surface area (Å²) in [6.45, 7) is 1.96. The smallest absolute Gasteiger partial charge is 0.183 e. The third kappa shape index (κ3) is 2.96. The minimum Gasteiger partial charge on any atom is -0.496 e. The van der Waals surface area contributed by atoms with Gasteiger partial charge in [0, 0.05) is 49.9 Å². The molecule has 0 radical (unpaired) electrons. The Morgan fingerprint density at radius 1 is 1.14 bits per heavy atom. The van der Waals surface area contributed by atoms with Gasteiger partial charge < -0.3 is 4.74 Å². The molecule has 2 aliphatic rings. The van der Waals surface area contributed by atoms with E-state index in [1.54, 1.807) is 17.9 Å². The topological polar surface area (TPSA) is 64.4 Å². The molecule has 0 spiro atoms. The first-order chi connectivity index (χ1) is 14.0. The first kappa shape index (κ1) is 18.4. The molecule has 0 bridgehead atoms. The van der Waals surface area contributed by atoms with Crippen LogP contribution in [-0.4, -0.2) is 48.5 Å². The van der Waals surface area contributed by atoms with Crippen molar-refractivity contribution >= 4 is 9.84 Å². The standard InChI is InChI=1S/C22H23N3O3S/c1-24-11-17(10-23-24)15-7-8-21-18(9-15)19-13-25(14-22(19)29(21,26)27)12-16-5-3-4-6-20(16)28-2/h3-11,19,22H,12-14H2,1-2H3/t19-,22+/m0/s1. The molecule has 0 unspecified atom stereocenters. The minimum atomic E-state index is -3.31. The second-order valence-electron chi connectivity index (χ2n) is 7.85. The molecular weight excluding hydrogens is 386 g/mol. The summed E-state index contributed by atoms with van der Waals surface area (Å²) in [7, 11) is 0.232. The maximum absolute atomic E-state index is 13.2. The summed E-state index contributed by atoms with van der Waals surface area (Å²) in [5.41, 5.74) is 4.03. The van der Waals surface area contributed by atoms with Crippen LogP contribution in [0.25, 0.3) is 11.1 Å². The number of aromatic nitrogens is 2. The second kappa shape index (κ2) is 6.71. The zero-order valence-electron chi connectivity index (χ0n) is 16.4. The van der Waals surface area contributed by atoms with Crippen molar-refractivity contribution in [2.75, 3.05) is 20.2 Å². The van der Waals surface area contributed by atoms with Gasteiger partial charge in [-0.25, -0.2) is 8.42 Å². The van der Waals surface area contributed by atoms with Crippen LogP contribution in [0.1, 0.15) is 17.0 Å². The molecule has 150 valence electrons. The van der Waals surface area contributed by atoms with Gasteiger partial charge in [0.2, 0.25) is 0 Å². The Kier molecular flexibility index (Phi) is 4.26.